The number of nitrogens with one attached hydrogen (secondary N) is 1. The average Bonchev–Trinajstić information content (AvgIpc) is 3.00. The topological polar surface area (TPSA) is 72.9 Å². The van der Waals surface area contributed by atoms with Crippen LogP contribution in [0.5, 0.6) is 0 Å². The van der Waals surface area contributed by atoms with Crippen LogP contribution in [0.4, 0.5) is 0 Å². The van der Waals surface area contributed by atoms with E-state index >= 15 is 0 Å². The van der Waals surface area contributed by atoms with Crippen molar-refractivity contribution in [1.82, 2.24) is 14.9 Å². The minimum absolute atomic E-state index is 0.0132. The fourth-order valence-electron chi connectivity index (χ4n) is 3.50. The highest BCUT2D eigenvalue weighted by atomic mass is 16.2. The lowest BCUT2D eigenvalue weighted by Gasteiger charge is -2.19. The third-order valence-corrected chi connectivity index (χ3v) is 4.67. The number of carbonyl (C=O) groups is 1. The van der Waals surface area contributed by atoms with Gasteiger partial charge in [0.25, 0.3) is 5.91 Å². The van der Waals surface area contributed by atoms with Crippen molar-refractivity contribution in [3.05, 3.63) is 65.1 Å². The Morgan fingerprint density at radius 2 is 2.17 bits per heavy atom. The average molecular weight is 320 g/mol. The van der Waals surface area contributed by atoms with Crippen molar-refractivity contribution < 1.29 is 4.79 Å². The first-order valence-electron chi connectivity index (χ1n) is 8.30. The monoisotopic (exact) mass is 320 g/mol. The molecule has 1 aromatic carbocycles. The van der Waals surface area contributed by atoms with Gasteiger partial charge in [-0.15, -0.1) is 0 Å². The number of aromatic nitrogens is 2. The van der Waals surface area contributed by atoms with Crippen LogP contribution in [0.15, 0.2) is 42.9 Å². The van der Waals surface area contributed by atoms with E-state index in [1.165, 1.54) is 0 Å². The maximum atomic E-state index is 13.2. The summed E-state index contributed by atoms with van der Waals surface area (Å²) >= 11 is 0. The normalized spacial score (nSPS) is 13.9. The molecule has 3 aromatic rings. The van der Waals surface area contributed by atoms with Crippen molar-refractivity contribution in [2.24, 2.45) is 5.73 Å². The van der Waals surface area contributed by atoms with Crippen LogP contribution in [0.1, 0.15) is 27.0 Å². The number of pyridine rings is 1. The molecule has 0 radical (unpaired) electrons. The van der Waals surface area contributed by atoms with E-state index in [0.717, 1.165) is 53.5 Å². The number of para-hydroxylation sites is 1. The van der Waals surface area contributed by atoms with Crippen LogP contribution in [0.2, 0.25) is 0 Å². The molecule has 0 unspecified atom stereocenters. The van der Waals surface area contributed by atoms with Gasteiger partial charge < -0.3 is 11.1 Å². The molecule has 5 nitrogen and oxygen atoms in total. The van der Waals surface area contributed by atoms with Gasteiger partial charge in [-0.05, 0) is 48.7 Å². The van der Waals surface area contributed by atoms with Crippen molar-refractivity contribution in [1.29, 1.82) is 0 Å². The molecular formula is C19H20N4O. The molecule has 0 spiro atoms. The molecule has 24 heavy (non-hydrogen) atoms. The number of nitrogens with zero attached hydrogens (tertiary/aromatic N) is 2. The summed E-state index contributed by atoms with van der Waals surface area (Å²) in [4.78, 5) is 17.5. The summed E-state index contributed by atoms with van der Waals surface area (Å²) in [6, 6.07) is 7.99. The first-order valence-corrected chi connectivity index (χ1v) is 8.30. The maximum Gasteiger partial charge on any atom is 0.264 e. The Balaban J connectivity index is 1.85. The van der Waals surface area contributed by atoms with Crippen molar-refractivity contribution >= 4 is 16.8 Å². The highest BCUT2D eigenvalue weighted by molar-refractivity contribution is 6.03. The molecule has 0 fully saturated rings. The van der Waals surface area contributed by atoms with E-state index in [1.807, 2.05) is 36.7 Å². The lowest BCUT2D eigenvalue weighted by Crippen LogP contribution is -2.26. The van der Waals surface area contributed by atoms with E-state index < -0.39 is 0 Å². The summed E-state index contributed by atoms with van der Waals surface area (Å²) in [6.45, 7) is 2.23. The number of fused-ring (bicyclic) bond motifs is 2. The lowest BCUT2D eigenvalue weighted by molar-refractivity contribution is 0.0963. The van der Waals surface area contributed by atoms with Crippen LogP contribution in [-0.2, 0) is 19.4 Å². The van der Waals surface area contributed by atoms with E-state index in [4.69, 9.17) is 5.73 Å². The Kier molecular flexibility index (Phi) is 3.88. The summed E-state index contributed by atoms with van der Waals surface area (Å²) in [6.07, 6.45) is 7.10. The van der Waals surface area contributed by atoms with Gasteiger partial charge in [0.1, 0.15) is 0 Å². The SMILES string of the molecule is NCCc1cn(C(=O)c2cncc3c2CCNC3)c2ccccc12. The van der Waals surface area contributed by atoms with Crippen LogP contribution < -0.4 is 11.1 Å². The molecule has 0 saturated carbocycles. The molecule has 4 rings (SSSR count). The predicted molar refractivity (Wildman–Crippen MR) is 94.1 cm³/mol. The molecule has 122 valence electrons. The zero-order valence-electron chi connectivity index (χ0n) is 13.5. The van der Waals surface area contributed by atoms with Crippen LogP contribution in [0.25, 0.3) is 10.9 Å². The number of carbonyl (C=O) groups excluding carboxylic acids is 1. The van der Waals surface area contributed by atoms with Gasteiger partial charge in [0.05, 0.1) is 11.1 Å². The molecule has 1 aliphatic rings. The van der Waals surface area contributed by atoms with Crippen molar-refractivity contribution in [3.8, 4) is 0 Å². The zero-order valence-corrected chi connectivity index (χ0v) is 13.5. The molecule has 0 amide bonds. The molecular weight excluding hydrogens is 300 g/mol. The van der Waals surface area contributed by atoms with Gasteiger partial charge in [0.15, 0.2) is 0 Å². The first-order chi connectivity index (χ1) is 11.8. The molecule has 0 atom stereocenters. The fourth-order valence-corrected chi connectivity index (χ4v) is 3.50. The Bertz CT molecular complexity index is 913. The second kappa shape index (κ2) is 6.19. The molecule has 0 bridgehead atoms. The summed E-state index contributed by atoms with van der Waals surface area (Å²) in [5.74, 6) is -0.0132. The number of hydrogen-bond acceptors (Lipinski definition) is 4. The summed E-state index contributed by atoms with van der Waals surface area (Å²) in [7, 11) is 0. The lowest BCUT2D eigenvalue weighted by atomic mass is 9.98. The van der Waals surface area contributed by atoms with Gasteiger partial charge >= 0.3 is 0 Å². The smallest absolute Gasteiger partial charge is 0.264 e. The van der Waals surface area contributed by atoms with Gasteiger partial charge in [-0.2, -0.15) is 0 Å². The number of benzene rings is 1. The molecule has 3 N–H and O–H groups in total. The Morgan fingerprint density at radius 3 is 3.04 bits per heavy atom. The van der Waals surface area contributed by atoms with Crippen LogP contribution >= 0.6 is 0 Å². The van der Waals surface area contributed by atoms with E-state index in [9.17, 15) is 4.79 Å². The van der Waals surface area contributed by atoms with E-state index in [2.05, 4.69) is 10.3 Å². The summed E-state index contributed by atoms with van der Waals surface area (Å²) < 4.78 is 1.75. The minimum atomic E-state index is -0.0132. The summed E-state index contributed by atoms with van der Waals surface area (Å²) in [5.41, 5.74) is 10.7. The second-order valence-electron chi connectivity index (χ2n) is 6.14. The third-order valence-electron chi connectivity index (χ3n) is 4.67. The second-order valence-corrected chi connectivity index (χ2v) is 6.14. The highest BCUT2D eigenvalue weighted by Crippen LogP contribution is 2.25. The first kappa shape index (κ1) is 15.1. The van der Waals surface area contributed by atoms with Gasteiger partial charge in [-0.1, -0.05) is 18.2 Å². The quantitative estimate of drug-likeness (QED) is 0.773. The zero-order chi connectivity index (χ0) is 16.5. The largest absolute Gasteiger partial charge is 0.330 e. The Morgan fingerprint density at radius 1 is 1.29 bits per heavy atom. The molecule has 0 aliphatic carbocycles. The number of nitrogens with two attached hydrogens (primary N) is 1. The molecule has 1 aliphatic heterocycles. The number of hydrogen-bond donors (Lipinski definition) is 2. The maximum absolute atomic E-state index is 13.2. The summed E-state index contributed by atoms with van der Waals surface area (Å²) in [5, 5.41) is 4.42. The highest BCUT2D eigenvalue weighted by Gasteiger charge is 2.21. The third kappa shape index (κ3) is 2.42. The van der Waals surface area contributed by atoms with Crippen molar-refractivity contribution in [3.63, 3.8) is 0 Å². The van der Waals surface area contributed by atoms with Crippen LogP contribution in [0, 0.1) is 0 Å². The molecule has 5 heteroatoms. The molecule has 2 aromatic heterocycles. The predicted octanol–water partition coefficient (Wildman–Crippen LogP) is 1.87. The van der Waals surface area contributed by atoms with E-state index in [0.29, 0.717) is 12.1 Å². The Hall–Kier alpha value is -2.50. The minimum Gasteiger partial charge on any atom is -0.330 e. The van der Waals surface area contributed by atoms with E-state index in [1.54, 1.807) is 10.8 Å². The van der Waals surface area contributed by atoms with Gasteiger partial charge in [0, 0.05) is 30.5 Å². The number of rotatable bonds is 3. The van der Waals surface area contributed by atoms with Gasteiger partial charge in [0.2, 0.25) is 0 Å². The Labute approximate surface area is 140 Å². The van der Waals surface area contributed by atoms with E-state index in [-0.39, 0.29) is 5.91 Å². The molecule has 0 saturated heterocycles. The molecule has 3 heterocycles. The van der Waals surface area contributed by atoms with Crippen LogP contribution in [-0.4, -0.2) is 28.5 Å². The van der Waals surface area contributed by atoms with Crippen LogP contribution in [0.3, 0.4) is 0 Å². The fraction of sp³-hybridized carbons (Fsp3) is 0.263. The standard InChI is InChI=1S/C19H20N4O/c20-7-5-13-12-23(18-4-2-1-3-16(13)18)19(24)17-11-22-10-14-9-21-8-6-15(14)17/h1-4,10-12,21H,5-9,20H2. The van der Waals surface area contributed by atoms with Gasteiger partial charge in [-0.25, -0.2) is 0 Å². The van der Waals surface area contributed by atoms with Crippen molar-refractivity contribution in [2.45, 2.75) is 19.4 Å². The van der Waals surface area contributed by atoms with Crippen molar-refractivity contribution in [2.75, 3.05) is 13.1 Å². The van der Waals surface area contributed by atoms with Gasteiger partial charge in [-0.3, -0.25) is 14.3 Å².